The van der Waals surface area contributed by atoms with Gasteiger partial charge in [0.1, 0.15) is 0 Å². The molecule has 3 fully saturated rings. The van der Waals surface area contributed by atoms with Crippen molar-refractivity contribution in [2.75, 3.05) is 13.7 Å². The van der Waals surface area contributed by atoms with E-state index in [4.69, 9.17) is 10.3 Å². The minimum Gasteiger partial charge on any atom is -0.469 e. The van der Waals surface area contributed by atoms with Gasteiger partial charge in [-0.3, -0.25) is 4.79 Å². The van der Waals surface area contributed by atoms with E-state index in [9.17, 15) is 4.79 Å². The number of methoxy groups -OCH3 is 1. The molecular formula is C11H17N3O2. The van der Waals surface area contributed by atoms with Gasteiger partial charge in [-0.2, -0.15) is 0 Å². The zero-order valence-corrected chi connectivity index (χ0v) is 9.61. The van der Waals surface area contributed by atoms with Crippen LogP contribution in [0.15, 0.2) is 5.11 Å². The molecule has 0 heterocycles. The second kappa shape index (κ2) is 3.98. The third-order valence-electron chi connectivity index (χ3n) is 4.49. The molecular weight excluding hydrogens is 206 g/mol. The molecule has 2 bridgehead atoms. The minimum absolute atomic E-state index is 0.0513. The van der Waals surface area contributed by atoms with Crippen LogP contribution in [0.25, 0.3) is 10.4 Å². The van der Waals surface area contributed by atoms with E-state index in [-0.39, 0.29) is 16.8 Å². The molecule has 0 aromatic heterocycles. The molecule has 0 aliphatic heterocycles. The smallest absolute Gasteiger partial charge is 0.311 e. The second-order valence-corrected chi connectivity index (χ2v) is 5.16. The van der Waals surface area contributed by atoms with Gasteiger partial charge in [-0.1, -0.05) is 5.11 Å². The Hall–Kier alpha value is -1.22. The topological polar surface area (TPSA) is 75.1 Å². The van der Waals surface area contributed by atoms with Gasteiger partial charge in [-0.05, 0) is 49.5 Å². The highest BCUT2D eigenvalue weighted by Gasteiger charge is 2.52. The van der Waals surface area contributed by atoms with Crippen molar-refractivity contribution >= 4 is 5.97 Å². The summed E-state index contributed by atoms with van der Waals surface area (Å²) in [6, 6.07) is 0. The third kappa shape index (κ3) is 1.65. The second-order valence-electron chi connectivity index (χ2n) is 5.16. The first kappa shape index (κ1) is 11.3. The Kier molecular flexibility index (Phi) is 2.80. The summed E-state index contributed by atoms with van der Waals surface area (Å²) in [5, 5.41) is 3.72. The van der Waals surface area contributed by atoms with Gasteiger partial charge < -0.3 is 4.74 Å². The molecule has 0 N–H and O–H groups in total. The predicted octanol–water partition coefficient (Wildman–Crippen LogP) is 2.81. The zero-order chi connectivity index (χ0) is 11.6. The van der Waals surface area contributed by atoms with E-state index >= 15 is 0 Å². The summed E-state index contributed by atoms with van der Waals surface area (Å²) in [5.41, 5.74) is 8.32. The molecule has 0 aromatic rings. The van der Waals surface area contributed by atoms with E-state index in [0.717, 1.165) is 38.5 Å². The molecule has 0 saturated heterocycles. The van der Waals surface area contributed by atoms with Crippen molar-refractivity contribution in [2.45, 2.75) is 38.5 Å². The lowest BCUT2D eigenvalue weighted by Gasteiger charge is -2.51. The molecule has 0 amide bonds. The lowest BCUT2D eigenvalue weighted by Crippen LogP contribution is -2.47. The van der Waals surface area contributed by atoms with Gasteiger partial charge in [0.2, 0.25) is 0 Å². The largest absolute Gasteiger partial charge is 0.469 e. The molecule has 0 spiro atoms. The van der Waals surface area contributed by atoms with Gasteiger partial charge in [-0.15, -0.1) is 0 Å². The number of carbonyl (C=O) groups is 1. The first-order chi connectivity index (χ1) is 7.66. The van der Waals surface area contributed by atoms with Crippen LogP contribution in [0.3, 0.4) is 0 Å². The van der Waals surface area contributed by atoms with Gasteiger partial charge >= 0.3 is 5.97 Å². The molecule has 3 rings (SSSR count). The van der Waals surface area contributed by atoms with Crippen LogP contribution in [-0.2, 0) is 9.53 Å². The molecule has 3 saturated carbocycles. The highest BCUT2D eigenvalue weighted by molar-refractivity contribution is 5.77. The first-order valence-corrected chi connectivity index (χ1v) is 5.76. The van der Waals surface area contributed by atoms with E-state index in [0.29, 0.717) is 6.54 Å². The van der Waals surface area contributed by atoms with Crippen LogP contribution in [0.5, 0.6) is 0 Å². The monoisotopic (exact) mass is 223 g/mol. The number of rotatable bonds is 3. The number of carbonyl (C=O) groups excluding carboxylic acids is 1. The quantitative estimate of drug-likeness (QED) is 0.319. The van der Waals surface area contributed by atoms with Gasteiger partial charge in [0.15, 0.2) is 0 Å². The van der Waals surface area contributed by atoms with Crippen molar-refractivity contribution in [2.24, 2.45) is 15.9 Å². The molecule has 5 heteroatoms. The molecule has 0 atom stereocenters. The summed E-state index contributed by atoms with van der Waals surface area (Å²) in [4.78, 5) is 14.6. The van der Waals surface area contributed by atoms with Crippen molar-refractivity contribution in [3.63, 3.8) is 0 Å². The van der Waals surface area contributed by atoms with Crippen molar-refractivity contribution in [1.82, 2.24) is 0 Å². The molecule has 88 valence electrons. The van der Waals surface area contributed by atoms with Crippen molar-refractivity contribution < 1.29 is 9.53 Å². The maximum atomic E-state index is 11.8. The lowest BCUT2D eigenvalue weighted by atomic mass is 9.54. The normalized spacial score (nSPS) is 36.6. The number of nitrogens with zero attached hydrogens (tertiary/aromatic N) is 3. The van der Waals surface area contributed by atoms with Crippen molar-refractivity contribution in [3.05, 3.63) is 10.4 Å². The summed E-state index contributed by atoms with van der Waals surface area (Å²) in [6.07, 6.45) is 5.63. The number of esters is 1. The van der Waals surface area contributed by atoms with Crippen LogP contribution >= 0.6 is 0 Å². The van der Waals surface area contributed by atoms with Crippen LogP contribution < -0.4 is 0 Å². The Morgan fingerprint density at radius 1 is 1.31 bits per heavy atom. The summed E-state index contributed by atoms with van der Waals surface area (Å²) < 4.78 is 4.90. The maximum absolute atomic E-state index is 11.8. The number of azide groups is 1. The van der Waals surface area contributed by atoms with E-state index in [1.165, 1.54) is 7.11 Å². The minimum atomic E-state index is -0.229. The highest BCUT2D eigenvalue weighted by Crippen LogP contribution is 2.57. The van der Waals surface area contributed by atoms with E-state index in [1.54, 1.807) is 0 Å². The molecule has 0 radical (unpaired) electrons. The Bertz CT molecular complexity index is 323. The fraction of sp³-hybridized carbons (Fsp3) is 0.909. The van der Waals surface area contributed by atoms with Gasteiger partial charge in [0, 0.05) is 11.5 Å². The van der Waals surface area contributed by atoms with Crippen molar-refractivity contribution in [3.8, 4) is 0 Å². The van der Waals surface area contributed by atoms with Crippen molar-refractivity contribution in [1.29, 1.82) is 0 Å². The molecule has 0 unspecified atom stereocenters. The van der Waals surface area contributed by atoms with Crippen LogP contribution in [0.4, 0.5) is 0 Å². The Labute approximate surface area is 94.8 Å². The molecule has 16 heavy (non-hydrogen) atoms. The number of hydrogen-bond acceptors (Lipinski definition) is 3. The molecule has 3 aliphatic rings. The molecule has 0 aromatic carbocycles. The van der Waals surface area contributed by atoms with Gasteiger partial charge in [0.25, 0.3) is 0 Å². The van der Waals surface area contributed by atoms with Crippen LogP contribution in [0.2, 0.25) is 0 Å². The fourth-order valence-electron chi connectivity index (χ4n) is 3.20. The fourth-order valence-corrected chi connectivity index (χ4v) is 3.20. The Morgan fingerprint density at radius 2 is 1.88 bits per heavy atom. The SMILES string of the molecule is COC(=O)C12CCC(CN=[N+]=[N-])(CC1)CC2. The predicted molar refractivity (Wildman–Crippen MR) is 58.6 cm³/mol. The van der Waals surface area contributed by atoms with E-state index in [1.807, 2.05) is 0 Å². The first-order valence-electron chi connectivity index (χ1n) is 5.76. The van der Waals surface area contributed by atoms with Gasteiger partial charge in [0.05, 0.1) is 12.5 Å². The maximum Gasteiger partial charge on any atom is 0.311 e. The highest BCUT2D eigenvalue weighted by atomic mass is 16.5. The third-order valence-corrected chi connectivity index (χ3v) is 4.49. The van der Waals surface area contributed by atoms with Crippen LogP contribution in [0.1, 0.15) is 38.5 Å². The Morgan fingerprint density at radius 3 is 2.31 bits per heavy atom. The van der Waals surface area contributed by atoms with E-state index < -0.39 is 0 Å². The number of ether oxygens (including phenoxy) is 1. The van der Waals surface area contributed by atoms with Crippen LogP contribution in [-0.4, -0.2) is 19.6 Å². The summed E-state index contributed by atoms with van der Waals surface area (Å²) in [6.45, 7) is 0.584. The average Bonchev–Trinajstić information content (AvgIpc) is 2.37. The van der Waals surface area contributed by atoms with E-state index in [2.05, 4.69) is 10.0 Å². The summed E-state index contributed by atoms with van der Waals surface area (Å²) >= 11 is 0. The molecule has 3 aliphatic carbocycles. The summed E-state index contributed by atoms with van der Waals surface area (Å²) in [5.74, 6) is -0.0513. The summed E-state index contributed by atoms with van der Waals surface area (Å²) in [7, 11) is 1.47. The average molecular weight is 223 g/mol. The molecule has 5 nitrogen and oxygen atoms in total. The Balaban J connectivity index is 2.08. The zero-order valence-electron chi connectivity index (χ0n) is 9.61. The number of hydrogen-bond donors (Lipinski definition) is 0. The standard InChI is InChI=1S/C11H17N3O2/c1-16-9(15)11-5-2-10(3-6-11,4-7-11)8-13-14-12/h2-8H2,1H3. The number of fused-ring (bicyclic) bond motifs is 3. The lowest BCUT2D eigenvalue weighted by molar-refractivity contribution is -0.162. The van der Waals surface area contributed by atoms with Gasteiger partial charge in [-0.25, -0.2) is 0 Å². The van der Waals surface area contributed by atoms with Crippen LogP contribution in [0, 0.1) is 10.8 Å².